The number of para-hydroxylation sites is 1. The maximum absolute atomic E-state index is 13.0. The Morgan fingerprint density at radius 3 is 2.62 bits per heavy atom. The first kappa shape index (κ1) is 22.0. The van der Waals surface area contributed by atoms with Gasteiger partial charge in [-0.3, -0.25) is 14.9 Å². The van der Waals surface area contributed by atoms with E-state index in [1.807, 2.05) is 59.3 Å². The highest BCUT2D eigenvalue weighted by molar-refractivity contribution is 7.14. The number of H-pyrrole nitrogens is 1. The van der Waals surface area contributed by atoms with Gasteiger partial charge in [-0.05, 0) is 35.6 Å². The molecule has 0 saturated carbocycles. The molecular formula is C25H21N5O2S2. The van der Waals surface area contributed by atoms with Gasteiger partial charge >= 0.3 is 0 Å². The zero-order valence-corrected chi connectivity index (χ0v) is 19.9. The summed E-state index contributed by atoms with van der Waals surface area (Å²) < 4.78 is 0. The van der Waals surface area contributed by atoms with Gasteiger partial charge in [0.15, 0.2) is 5.13 Å². The predicted molar refractivity (Wildman–Crippen MR) is 137 cm³/mol. The van der Waals surface area contributed by atoms with E-state index >= 15 is 0 Å². The Balaban J connectivity index is 1.30. The summed E-state index contributed by atoms with van der Waals surface area (Å²) in [6.45, 7) is 2.12. The molecule has 7 nitrogen and oxygen atoms in total. The van der Waals surface area contributed by atoms with Crippen molar-refractivity contribution >= 4 is 50.7 Å². The molecule has 170 valence electrons. The van der Waals surface area contributed by atoms with Crippen LogP contribution in [-0.4, -0.2) is 33.3 Å². The van der Waals surface area contributed by atoms with Crippen LogP contribution in [0.4, 0.5) is 5.13 Å². The molecule has 3 aromatic heterocycles. The van der Waals surface area contributed by atoms with Gasteiger partial charge < -0.3 is 10.3 Å². The van der Waals surface area contributed by atoms with Gasteiger partial charge in [-0.15, -0.1) is 22.7 Å². The van der Waals surface area contributed by atoms with Crippen LogP contribution in [0.2, 0.25) is 0 Å². The summed E-state index contributed by atoms with van der Waals surface area (Å²) in [5.74, 6) is 0.478. The van der Waals surface area contributed by atoms with Crippen LogP contribution in [0.1, 0.15) is 22.8 Å². The van der Waals surface area contributed by atoms with Crippen molar-refractivity contribution in [1.29, 1.82) is 0 Å². The molecule has 3 N–H and O–H groups in total. The summed E-state index contributed by atoms with van der Waals surface area (Å²) in [7, 11) is 0. The van der Waals surface area contributed by atoms with Crippen molar-refractivity contribution < 1.29 is 9.59 Å². The maximum Gasteiger partial charge on any atom is 0.259 e. The molecule has 3 heterocycles. The number of nitrogens with zero attached hydrogens (tertiary/aromatic N) is 2. The number of amides is 2. The Labute approximate surface area is 203 Å². The molecular weight excluding hydrogens is 466 g/mol. The summed E-state index contributed by atoms with van der Waals surface area (Å²) in [5.41, 5.74) is 4.85. The second-order valence-corrected chi connectivity index (χ2v) is 9.49. The molecule has 0 spiro atoms. The number of fused-ring (bicyclic) bond motifs is 1. The number of hydrogen-bond donors (Lipinski definition) is 3. The quantitative estimate of drug-likeness (QED) is 0.288. The number of aromatic amines is 1. The topological polar surface area (TPSA) is 99.8 Å². The van der Waals surface area contributed by atoms with Gasteiger partial charge in [-0.2, -0.15) is 0 Å². The number of benzene rings is 2. The Morgan fingerprint density at radius 1 is 1.00 bits per heavy atom. The van der Waals surface area contributed by atoms with E-state index < -0.39 is 0 Å². The fourth-order valence-electron chi connectivity index (χ4n) is 3.60. The Morgan fingerprint density at radius 2 is 1.85 bits per heavy atom. The zero-order valence-electron chi connectivity index (χ0n) is 18.3. The Kier molecular flexibility index (Phi) is 6.20. The molecule has 0 unspecified atom stereocenters. The average Bonchev–Trinajstić information content (AvgIpc) is 3.59. The lowest BCUT2D eigenvalue weighted by molar-refractivity contribution is -0.118. The molecule has 0 aliphatic carbocycles. The summed E-state index contributed by atoms with van der Waals surface area (Å²) in [6, 6.07) is 17.5. The van der Waals surface area contributed by atoms with Crippen LogP contribution in [0.5, 0.6) is 0 Å². The fourth-order valence-corrected chi connectivity index (χ4v) is 4.98. The second-order valence-electron chi connectivity index (χ2n) is 7.69. The first-order valence-corrected chi connectivity index (χ1v) is 12.5. The minimum absolute atomic E-state index is 0.0276. The molecule has 0 aliphatic rings. The number of carbonyl (C=O) groups is 2. The Bertz CT molecular complexity index is 1450. The maximum atomic E-state index is 13.0. The minimum atomic E-state index is -0.246. The number of rotatable bonds is 7. The highest BCUT2D eigenvalue weighted by Gasteiger charge is 2.16. The third-order valence-corrected chi connectivity index (χ3v) is 6.91. The van der Waals surface area contributed by atoms with Crippen molar-refractivity contribution in [2.45, 2.75) is 13.3 Å². The van der Waals surface area contributed by atoms with E-state index in [9.17, 15) is 9.59 Å². The number of nitrogens with one attached hydrogen (secondary N) is 3. The summed E-state index contributed by atoms with van der Waals surface area (Å²) in [5, 5.41) is 10.2. The molecule has 0 radical (unpaired) electrons. The lowest BCUT2D eigenvalue weighted by atomic mass is 10.1. The van der Waals surface area contributed by atoms with Crippen molar-refractivity contribution in [3.8, 4) is 22.0 Å². The standard InChI is InChI=1S/C25H21N5O2S2/c1-15(31)26-12-11-16-7-9-17(10-8-16)20-14-34-25(28-20)30-24(32)18-4-2-5-19-22(18)29-23(27-19)21-6-3-13-33-21/h2-10,13-14H,11-12H2,1H3,(H,26,31)(H,27,29)(H,28,30,32). The molecule has 34 heavy (non-hydrogen) atoms. The van der Waals surface area contributed by atoms with E-state index in [1.54, 1.807) is 17.4 Å². The average molecular weight is 488 g/mol. The second kappa shape index (κ2) is 9.58. The lowest BCUT2D eigenvalue weighted by Crippen LogP contribution is -2.22. The monoisotopic (exact) mass is 487 g/mol. The van der Waals surface area contributed by atoms with Crippen LogP contribution in [0.15, 0.2) is 65.4 Å². The van der Waals surface area contributed by atoms with E-state index in [-0.39, 0.29) is 11.8 Å². The Hall–Kier alpha value is -3.82. The summed E-state index contributed by atoms with van der Waals surface area (Å²) in [6.07, 6.45) is 0.769. The third-order valence-electron chi connectivity index (χ3n) is 5.27. The number of thiazole rings is 1. The van der Waals surface area contributed by atoms with Crippen molar-refractivity contribution in [2.24, 2.45) is 0 Å². The molecule has 2 amide bonds. The fraction of sp³-hybridized carbons (Fsp3) is 0.120. The number of imidazole rings is 1. The van der Waals surface area contributed by atoms with Gasteiger partial charge in [-0.1, -0.05) is 36.4 Å². The van der Waals surface area contributed by atoms with Gasteiger partial charge in [-0.25, -0.2) is 9.97 Å². The van der Waals surface area contributed by atoms with E-state index in [0.29, 0.717) is 22.8 Å². The first-order chi connectivity index (χ1) is 16.6. The van der Waals surface area contributed by atoms with Gasteiger partial charge in [0.1, 0.15) is 11.3 Å². The SMILES string of the molecule is CC(=O)NCCc1ccc(-c2csc(NC(=O)c3cccc4[nH]c(-c5cccs5)nc34)n2)cc1. The van der Waals surface area contributed by atoms with E-state index in [4.69, 9.17) is 0 Å². The first-order valence-electron chi connectivity index (χ1n) is 10.7. The highest BCUT2D eigenvalue weighted by Crippen LogP contribution is 2.28. The summed E-state index contributed by atoms with van der Waals surface area (Å²) in [4.78, 5) is 37.6. The van der Waals surface area contributed by atoms with Crippen LogP contribution in [0.3, 0.4) is 0 Å². The molecule has 9 heteroatoms. The van der Waals surface area contributed by atoms with Crippen molar-refractivity contribution in [2.75, 3.05) is 11.9 Å². The van der Waals surface area contributed by atoms with Crippen LogP contribution in [0.25, 0.3) is 33.0 Å². The molecule has 5 rings (SSSR count). The van der Waals surface area contributed by atoms with Crippen LogP contribution < -0.4 is 10.6 Å². The van der Waals surface area contributed by atoms with Crippen LogP contribution >= 0.6 is 22.7 Å². The lowest BCUT2D eigenvalue weighted by Gasteiger charge is -2.04. The van der Waals surface area contributed by atoms with Crippen LogP contribution in [0, 0.1) is 0 Å². The minimum Gasteiger partial charge on any atom is -0.356 e. The normalized spacial score (nSPS) is 11.0. The largest absolute Gasteiger partial charge is 0.356 e. The van der Waals surface area contributed by atoms with Gasteiger partial charge in [0, 0.05) is 24.4 Å². The van der Waals surface area contributed by atoms with Gasteiger partial charge in [0.05, 0.1) is 21.7 Å². The molecule has 0 fully saturated rings. The number of thiophene rings is 1. The molecule has 5 aromatic rings. The highest BCUT2D eigenvalue weighted by atomic mass is 32.1. The van der Waals surface area contributed by atoms with Crippen molar-refractivity contribution in [1.82, 2.24) is 20.3 Å². The van der Waals surface area contributed by atoms with Gasteiger partial charge in [0.25, 0.3) is 5.91 Å². The number of anilines is 1. The third kappa shape index (κ3) is 4.75. The number of aromatic nitrogens is 3. The molecule has 0 saturated heterocycles. The molecule has 0 atom stereocenters. The summed E-state index contributed by atoms with van der Waals surface area (Å²) >= 11 is 2.98. The van der Waals surface area contributed by atoms with E-state index in [2.05, 4.69) is 25.6 Å². The van der Waals surface area contributed by atoms with Crippen LogP contribution in [-0.2, 0) is 11.2 Å². The van der Waals surface area contributed by atoms with E-state index in [0.717, 1.165) is 39.5 Å². The van der Waals surface area contributed by atoms with Gasteiger partial charge in [0.2, 0.25) is 5.91 Å². The smallest absolute Gasteiger partial charge is 0.259 e. The van der Waals surface area contributed by atoms with Crippen molar-refractivity contribution in [3.05, 3.63) is 76.5 Å². The molecule has 0 bridgehead atoms. The van der Waals surface area contributed by atoms with Crippen molar-refractivity contribution in [3.63, 3.8) is 0 Å². The molecule has 0 aliphatic heterocycles. The molecule has 2 aromatic carbocycles. The predicted octanol–water partition coefficient (Wildman–Crippen LogP) is 5.35. The number of carbonyl (C=O) groups excluding carboxylic acids is 2. The zero-order chi connectivity index (χ0) is 23.5. The van der Waals surface area contributed by atoms with E-state index in [1.165, 1.54) is 18.3 Å². The number of hydrogen-bond acceptors (Lipinski definition) is 6.